The van der Waals surface area contributed by atoms with Crippen LogP contribution in [0, 0.1) is 0 Å². The Balaban J connectivity index is 3.68. The third kappa shape index (κ3) is 8.84. The fourth-order valence-corrected chi connectivity index (χ4v) is 2.43. The zero-order valence-corrected chi connectivity index (χ0v) is 11.1. The molecule has 5 heteroatoms. The largest absolute Gasteiger partial charge is 0.304 e. The van der Waals surface area contributed by atoms with Crippen molar-refractivity contribution in [3.05, 3.63) is 0 Å². The number of hydrogen-bond acceptors (Lipinski definition) is 3. The lowest BCUT2D eigenvalue weighted by molar-refractivity contribution is 0.293. The molecule has 1 atom stereocenters. The number of nitrogens with one attached hydrogen (secondary N) is 1. The van der Waals surface area contributed by atoms with Crippen LogP contribution >= 0.6 is 0 Å². The zero-order valence-electron chi connectivity index (χ0n) is 10.3. The van der Waals surface area contributed by atoms with Gasteiger partial charge in [0.15, 0.2) is 0 Å². The minimum atomic E-state index is -3.05. The second kappa shape index (κ2) is 7.19. The van der Waals surface area contributed by atoms with Crippen LogP contribution in [0.2, 0.25) is 0 Å². The lowest BCUT2D eigenvalue weighted by atomic mass is 10.2. The highest BCUT2D eigenvalue weighted by atomic mass is 32.2. The van der Waals surface area contributed by atoms with Crippen LogP contribution in [-0.2, 0) is 10.0 Å². The quantitative estimate of drug-likeness (QED) is 0.685. The van der Waals surface area contributed by atoms with Gasteiger partial charge in [-0.15, -0.1) is 0 Å². The van der Waals surface area contributed by atoms with Crippen LogP contribution in [-0.4, -0.2) is 45.2 Å². The molecule has 0 radical (unpaired) electrons. The molecule has 92 valence electrons. The van der Waals surface area contributed by atoms with Gasteiger partial charge in [0.2, 0.25) is 10.0 Å². The second-order valence-corrected chi connectivity index (χ2v) is 5.74. The third-order valence-corrected chi connectivity index (χ3v) is 3.25. The highest BCUT2D eigenvalue weighted by Gasteiger charge is 2.08. The summed E-state index contributed by atoms with van der Waals surface area (Å²) in [7, 11) is -3.05. The van der Waals surface area contributed by atoms with Gasteiger partial charge < -0.3 is 4.90 Å². The first-order chi connectivity index (χ1) is 6.89. The summed E-state index contributed by atoms with van der Waals surface area (Å²) in [4.78, 5) is 2.34. The summed E-state index contributed by atoms with van der Waals surface area (Å²) < 4.78 is 24.4. The molecule has 0 aromatic heterocycles. The molecule has 0 aromatic rings. The number of hydrogen-bond donors (Lipinski definition) is 1. The predicted octanol–water partition coefficient (Wildman–Crippen LogP) is 1.05. The molecular weight excluding hydrogens is 212 g/mol. The van der Waals surface area contributed by atoms with Crippen molar-refractivity contribution in [2.24, 2.45) is 0 Å². The van der Waals surface area contributed by atoms with Gasteiger partial charge >= 0.3 is 0 Å². The maximum Gasteiger partial charge on any atom is 0.208 e. The molecule has 0 amide bonds. The van der Waals surface area contributed by atoms with Gasteiger partial charge in [-0.25, -0.2) is 13.1 Å². The molecule has 0 aromatic carbocycles. The summed E-state index contributed by atoms with van der Waals surface area (Å²) in [5, 5.41) is 0. The highest BCUT2D eigenvalue weighted by Crippen LogP contribution is 2.00. The van der Waals surface area contributed by atoms with E-state index in [-0.39, 0.29) is 6.04 Å². The van der Waals surface area contributed by atoms with Gasteiger partial charge in [0.1, 0.15) is 0 Å². The molecule has 0 saturated heterocycles. The normalized spacial score (nSPS) is 14.5. The van der Waals surface area contributed by atoms with Crippen LogP contribution in [0.4, 0.5) is 0 Å². The lowest BCUT2D eigenvalue weighted by Crippen LogP contribution is -2.32. The average molecular weight is 236 g/mol. The molecule has 0 aliphatic rings. The van der Waals surface area contributed by atoms with Crippen LogP contribution in [0.5, 0.6) is 0 Å². The SMILES string of the molecule is CCN(CC)CCC[C@H](C)NS(C)(=O)=O. The van der Waals surface area contributed by atoms with Gasteiger partial charge in [0.25, 0.3) is 0 Å². The molecule has 0 rings (SSSR count). The van der Waals surface area contributed by atoms with Crippen molar-refractivity contribution in [1.82, 2.24) is 9.62 Å². The van der Waals surface area contributed by atoms with E-state index in [1.165, 1.54) is 6.26 Å². The van der Waals surface area contributed by atoms with Crippen molar-refractivity contribution in [2.45, 2.75) is 39.7 Å². The highest BCUT2D eigenvalue weighted by molar-refractivity contribution is 7.88. The molecule has 0 aliphatic carbocycles. The first kappa shape index (κ1) is 14.9. The van der Waals surface area contributed by atoms with E-state index >= 15 is 0 Å². The van der Waals surface area contributed by atoms with E-state index in [1.807, 2.05) is 6.92 Å². The van der Waals surface area contributed by atoms with E-state index in [2.05, 4.69) is 23.5 Å². The topological polar surface area (TPSA) is 49.4 Å². The molecule has 4 nitrogen and oxygen atoms in total. The van der Waals surface area contributed by atoms with E-state index in [0.29, 0.717) is 0 Å². The van der Waals surface area contributed by atoms with Gasteiger partial charge in [-0.2, -0.15) is 0 Å². The number of rotatable bonds is 8. The smallest absolute Gasteiger partial charge is 0.208 e. The minimum absolute atomic E-state index is 0.0376. The summed E-state index contributed by atoms with van der Waals surface area (Å²) in [6, 6.07) is 0.0376. The zero-order chi connectivity index (χ0) is 11.9. The van der Waals surface area contributed by atoms with Crippen LogP contribution in [0.25, 0.3) is 0 Å². The first-order valence-corrected chi connectivity index (χ1v) is 7.47. The fourth-order valence-electron chi connectivity index (χ4n) is 1.59. The van der Waals surface area contributed by atoms with Crippen molar-refractivity contribution in [1.29, 1.82) is 0 Å². The number of sulfonamides is 1. The summed E-state index contributed by atoms with van der Waals surface area (Å²) >= 11 is 0. The minimum Gasteiger partial charge on any atom is -0.304 e. The molecule has 0 fully saturated rings. The van der Waals surface area contributed by atoms with E-state index < -0.39 is 10.0 Å². The summed E-state index contributed by atoms with van der Waals surface area (Å²) in [6.07, 6.45) is 3.13. The molecule has 1 N–H and O–H groups in total. The molecule has 15 heavy (non-hydrogen) atoms. The Labute approximate surface area is 94.1 Å². The maximum atomic E-state index is 10.9. The van der Waals surface area contributed by atoms with Crippen LogP contribution < -0.4 is 4.72 Å². The predicted molar refractivity (Wildman–Crippen MR) is 64.5 cm³/mol. The van der Waals surface area contributed by atoms with Gasteiger partial charge in [0.05, 0.1) is 6.26 Å². The van der Waals surface area contributed by atoms with Crippen molar-refractivity contribution in [2.75, 3.05) is 25.9 Å². The van der Waals surface area contributed by atoms with E-state index in [4.69, 9.17) is 0 Å². The van der Waals surface area contributed by atoms with E-state index in [9.17, 15) is 8.42 Å². The van der Waals surface area contributed by atoms with Gasteiger partial charge in [-0.1, -0.05) is 13.8 Å². The summed E-state index contributed by atoms with van der Waals surface area (Å²) in [5.74, 6) is 0. The van der Waals surface area contributed by atoms with Crippen LogP contribution in [0.1, 0.15) is 33.6 Å². The number of nitrogens with zero attached hydrogens (tertiary/aromatic N) is 1. The Morgan fingerprint density at radius 1 is 1.27 bits per heavy atom. The molecule has 0 aliphatic heterocycles. The third-order valence-electron chi connectivity index (χ3n) is 2.42. The van der Waals surface area contributed by atoms with Gasteiger partial charge in [-0.3, -0.25) is 0 Å². The Hall–Kier alpha value is -0.130. The average Bonchev–Trinajstić information content (AvgIpc) is 2.09. The molecule has 0 heterocycles. The van der Waals surface area contributed by atoms with Crippen LogP contribution in [0.3, 0.4) is 0 Å². The molecule has 0 spiro atoms. The van der Waals surface area contributed by atoms with E-state index in [0.717, 1.165) is 32.5 Å². The van der Waals surface area contributed by atoms with E-state index in [1.54, 1.807) is 0 Å². The Morgan fingerprint density at radius 2 is 1.80 bits per heavy atom. The lowest BCUT2D eigenvalue weighted by Gasteiger charge is -2.19. The Kier molecular flexibility index (Phi) is 7.13. The molecule has 0 saturated carbocycles. The van der Waals surface area contributed by atoms with Crippen molar-refractivity contribution in [3.8, 4) is 0 Å². The second-order valence-electron chi connectivity index (χ2n) is 3.96. The van der Waals surface area contributed by atoms with Crippen molar-refractivity contribution < 1.29 is 8.42 Å². The monoisotopic (exact) mass is 236 g/mol. The van der Waals surface area contributed by atoms with Gasteiger partial charge in [0, 0.05) is 6.04 Å². The summed E-state index contributed by atoms with van der Waals surface area (Å²) in [5.41, 5.74) is 0. The van der Waals surface area contributed by atoms with Crippen molar-refractivity contribution in [3.63, 3.8) is 0 Å². The van der Waals surface area contributed by atoms with Gasteiger partial charge in [-0.05, 0) is 39.4 Å². The molecular formula is C10H24N2O2S. The Bertz CT molecular complexity index is 248. The fraction of sp³-hybridized carbons (Fsp3) is 1.00. The molecule has 0 unspecified atom stereocenters. The summed E-state index contributed by atoms with van der Waals surface area (Å²) in [6.45, 7) is 9.35. The molecule has 0 bridgehead atoms. The van der Waals surface area contributed by atoms with Crippen molar-refractivity contribution >= 4 is 10.0 Å². The standard InChI is InChI=1S/C10H24N2O2S/c1-5-12(6-2)9-7-8-10(3)11-15(4,13)14/h10-11H,5-9H2,1-4H3/t10-/m0/s1. The maximum absolute atomic E-state index is 10.9. The first-order valence-electron chi connectivity index (χ1n) is 5.58. The Morgan fingerprint density at radius 3 is 2.20 bits per heavy atom. The van der Waals surface area contributed by atoms with Crippen LogP contribution in [0.15, 0.2) is 0 Å².